The molecule has 0 bridgehead atoms. The SMILES string of the molecule is CC(=O)NC1CC(=O)N(c2cccc(F)c2)C1. The average molecular weight is 236 g/mol. The van der Waals surface area contributed by atoms with E-state index in [9.17, 15) is 14.0 Å². The number of nitrogens with zero attached hydrogens (tertiary/aromatic N) is 1. The lowest BCUT2D eigenvalue weighted by atomic mass is 10.2. The summed E-state index contributed by atoms with van der Waals surface area (Å²) < 4.78 is 13.0. The Balaban J connectivity index is 2.13. The van der Waals surface area contributed by atoms with Gasteiger partial charge in [-0.3, -0.25) is 9.59 Å². The molecule has 1 aromatic carbocycles. The number of carbonyl (C=O) groups excluding carboxylic acids is 2. The molecule has 17 heavy (non-hydrogen) atoms. The van der Waals surface area contributed by atoms with Gasteiger partial charge < -0.3 is 10.2 Å². The van der Waals surface area contributed by atoms with Crippen LogP contribution in [0.15, 0.2) is 24.3 Å². The molecule has 1 N–H and O–H groups in total. The number of nitrogens with one attached hydrogen (secondary N) is 1. The molecule has 2 rings (SSSR count). The summed E-state index contributed by atoms with van der Waals surface area (Å²) in [6.07, 6.45) is 0.260. The van der Waals surface area contributed by atoms with Gasteiger partial charge in [-0.1, -0.05) is 6.07 Å². The Kier molecular flexibility index (Phi) is 3.08. The van der Waals surface area contributed by atoms with E-state index in [1.807, 2.05) is 0 Å². The van der Waals surface area contributed by atoms with Crippen LogP contribution in [0.4, 0.5) is 10.1 Å². The third-order valence-corrected chi connectivity index (χ3v) is 2.65. The number of halogens is 1. The molecule has 0 saturated carbocycles. The van der Waals surface area contributed by atoms with Crippen molar-refractivity contribution in [3.05, 3.63) is 30.1 Å². The predicted molar refractivity (Wildman–Crippen MR) is 61.0 cm³/mol. The zero-order chi connectivity index (χ0) is 12.4. The van der Waals surface area contributed by atoms with Crippen LogP contribution in [-0.4, -0.2) is 24.4 Å². The van der Waals surface area contributed by atoms with Crippen molar-refractivity contribution in [3.8, 4) is 0 Å². The maximum atomic E-state index is 13.0. The van der Waals surface area contributed by atoms with E-state index < -0.39 is 0 Å². The molecule has 5 heteroatoms. The van der Waals surface area contributed by atoms with Gasteiger partial charge in [0.25, 0.3) is 0 Å². The topological polar surface area (TPSA) is 49.4 Å². The van der Waals surface area contributed by atoms with E-state index in [0.717, 1.165) is 0 Å². The first-order valence-electron chi connectivity index (χ1n) is 5.39. The summed E-state index contributed by atoms with van der Waals surface area (Å²) in [5.41, 5.74) is 0.530. The van der Waals surface area contributed by atoms with Crippen molar-refractivity contribution in [1.82, 2.24) is 5.32 Å². The summed E-state index contributed by atoms with van der Waals surface area (Å²) in [6.45, 7) is 1.80. The molecule has 1 aromatic rings. The molecule has 2 amide bonds. The number of anilines is 1. The van der Waals surface area contributed by atoms with Crippen molar-refractivity contribution in [2.24, 2.45) is 0 Å². The van der Waals surface area contributed by atoms with E-state index in [2.05, 4.69) is 5.32 Å². The first-order chi connectivity index (χ1) is 8.06. The number of rotatable bonds is 2. The fourth-order valence-electron chi connectivity index (χ4n) is 1.99. The van der Waals surface area contributed by atoms with Gasteiger partial charge in [0.15, 0.2) is 0 Å². The summed E-state index contributed by atoms with van der Waals surface area (Å²) in [4.78, 5) is 24.1. The van der Waals surface area contributed by atoms with E-state index >= 15 is 0 Å². The van der Waals surface area contributed by atoms with E-state index in [0.29, 0.717) is 12.2 Å². The van der Waals surface area contributed by atoms with E-state index in [-0.39, 0.29) is 30.1 Å². The van der Waals surface area contributed by atoms with Crippen LogP contribution in [0.3, 0.4) is 0 Å². The van der Waals surface area contributed by atoms with E-state index in [1.165, 1.54) is 24.0 Å². The Morgan fingerprint density at radius 1 is 1.53 bits per heavy atom. The van der Waals surface area contributed by atoms with Gasteiger partial charge in [0.1, 0.15) is 5.82 Å². The van der Waals surface area contributed by atoms with Crippen LogP contribution in [0.5, 0.6) is 0 Å². The highest BCUT2D eigenvalue weighted by atomic mass is 19.1. The highest BCUT2D eigenvalue weighted by Gasteiger charge is 2.31. The second-order valence-electron chi connectivity index (χ2n) is 4.09. The van der Waals surface area contributed by atoms with Crippen molar-refractivity contribution in [1.29, 1.82) is 0 Å². The normalized spacial score (nSPS) is 19.5. The fraction of sp³-hybridized carbons (Fsp3) is 0.333. The van der Waals surface area contributed by atoms with Crippen molar-refractivity contribution in [2.45, 2.75) is 19.4 Å². The van der Waals surface area contributed by atoms with Crippen molar-refractivity contribution < 1.29 is 14.0 Å². The molecule has 1 atom stereocenters. The minimum atomic E-state index is -0.377. The molecule has 1 fully saturated rings. The minimum Gasteiger partial charge on any atom is -0.351 e. The Bertz CT molecular complexity index is 462. The Morgan fingerprint density at radius 2 is 2.29 bits per heavy atom. The quantitative estimate of drug-likeness (QED) is 0.835. The van der Waals surface area contributed by atoms with Gasteiger partial charge in [-0.25, -0.2) is 4.39 Å². The van der Waals surface area contributed by atoms with Crippen LogP contribution in [0, 0.1) is 5.82 Å². The molecule has 0 spiro atoms. The Hall–Kier alpha value is -1.91. The molecule has 4 nitrogen and oxygen atoms in total. The van der Waals surface area contributed by atoms with Crippen molar-refractivity contribution >= 4 is 17.5 Å². The van der Waals surface area contributed by atoms with Gasteiger partial charge in [0.05, 0.1) is 6.04 Å². The molecule has 1 aliphatic rings. The zero-order valence-corrected chi connectivity index (χ0v) is 9.44. The lowest BCUT2D eigenvalue weighted by Gasteiger charge is -2.16. The van der Waals surface area contributed by atoms with Gasteiger partial charge in [-0.2, -0.15) is 0 Å². The smallest absolute Gasteiger partial charge is 0.229 e. The number of benzene rings is 1. The zero-order valence-electron chi connectivity index (χ0n) is 9.44. The van der Waals surface area contributed by atoms with Gasteiger partial charge in [0, 0.05) is 25.6 Å². The molecule has 1 aliphatic heterocycles. The molecule has 0 aromatic heterocycles. The largest absolute Gasteiger partial charge is 0.351 e. The van der Waals surface area contributed by atoms with Crippen LogP contribution in [0.25, 0.3) is 0 Å². The minimum absolute atomic E-state index is 0.102. The highest BCUT2D eigenvalue weighted by Crippen LogP contribution is 2.22. The van der Waals surface area contributed by atoms with E-state index in [4.69, 9.17) is 0 Å². The number of hydrogen-bond acceptors (Lipinski definition) is 2. The summed E-state index contributed by atoms with van der Waals surface area (Å²) in [6, 6.07) is 5.69. The summed E-state index contributed by atoms with van der Waals surface area (Å²) in [5.74, 6) is -0.642. The molecule has 0 aliphatic carbocycles. The summed E-state index contributed by atoms with van der Waals surface area (Å²) in [7, 11) is 0. The van der Waals surface area contributed by atoms with Crippen LogP contribution >= 0.6 is 0 Å². The number of hydrogen-bond donors (Lipinski definition) is 1. The van der Waals surface area contributed by atoms with Gasteiger partial charge in [-0.15, -0.1) is 0 Å². The maximum Gasteiger partial charge on any atom is 0.229 e. The first kappa shape index (κ1) is 11.6. The lowest BCUT2D eigenvalue weighted by Crippen LogP contribution is -2.35. The molecule has 90 valence electrons. The standard InChI is InChI=1S/C12H13FN2O2/c1-8(16)14-10-6-12(17)15(7-10)11-4-2-3-9(13)5-11/h2-5,10H,6-7H2,1H3,(H,14,16). The van der Waals surface area contributed by atoms with E-state index in [1.54, 1.807) is 12.1 Å². The Morgan fingerprint density at radius 3 is 2.94 bits per heavy atom. The van der Waals surface area contributed by atoms with Crippen molar-refractivity contribution in [3.63, 3.8) is 0 Å². The highest BCUT2D eigenvalue weighted by molar-refractivity contribution is 5.96. The summed E-state index contributed by atoms with van der Waals surface area (Å²) >= 11 is 0. The maximum absolute atomic E-state index is 13.0. The van der Waals surface area contributed by atoms with Crippen LogP contribution in [0.1, 0.15) is 13.3 Å². The average Bonchev–Trinajstić information content (AvgIpc) is 2.58. The molecule has 1 unspecified atom stereocenters. The first-order valence-corrected chi connectivity index (χ1v) is 5.39. The second-order valence-corrected chi connectivity index (χ2v) is 4.09. The molecule has 0 radical (unpaired) electrons. The van der Waals surface area contributed by atoms with Gasteiger partial charge in [0.2, 0.25) is 11.8 Å². The lowest BCUT2D eigenvalue weighted by molar-refractivity contribution is -0.119. The van der Waals surface area contributed by atoms with Crippen LogP contribution in [-0.2, 0) is 9.59 Å². The molecular formula is C12H13FN2O2. The molecule has 1 heterocycles. The van der Waals surface area contributed by atoms with Crippen LogP contribution in [0.2, 0.25) is 0 Å². The third kappa shape index (κ3) is 2.61. The second kappa shape index (κ2) is 4.53. The predicted octanol–water partition coefficient (Wildman–Crippen LogP) is 1.07. The number of carbonyl (C=O) groups is 2. The van der Waals surface area contributed by atoms with Crippen LogP contribution < -0.4 is 10.2 Å². The third-order valence-electron chi connectivity index (χ3n) is 2.65. The Labute approximate surface area is 98.4 Å². The van der Waals surface area contributed by atoms with Gasteiger partial charge in [-0.05, 0) is 18.2 Å². The van der Waals surface area contributed by atoms with Gasteiger partial charge >= 0.3 is 0 Å². The molecular weight excluding hydrogens is 223 g/mol. The monoisotopic (exact) mass is 236 g/mol. The molecule has 1 saturated heterocycles. The fourth-order valence-corrected chi connectivity index (χ4v) is 1.99. The summed E-state index contributed by atoms with van der Waals surface area (Å²) in [5, 5.41) is 2.69. The number of amides is 2. The van der Waals surface area contributed by atoms with Crippen molar-refractivity contribution in [2.75, 3.05) is 11.4 Å².